The molecule has 5 heteroatoms. The smallest absolute Gasteiger partial charge is 0.341 e. The van der Waals surface area contributed by atoms with Crippen LogP contribution in [0.2, 0.25) is 0 Å². The number of carbonyl (C=O) groups is 2. The predicted molar refractivity (Wildman–Crippen MR) is 83.3 cm³/mol. The van der Waals surface area contributed by atoms with Gasteiger partial charge in [0.1, 0.15) is 12.4 Å². The first-order chi connectivity index (χ1) is 10.7. The van der Waals surface area contributed by atoms with Gasteiger partial charge >= 0.3 is 5.97 Å². The van der Waals surface area contributed by atoms with Crippen molar-refractivity contribution in [3.05, 3.63) is 23.8 Å². The Bertz CT molecular complexity index is 425. The zero-order chi connectivity index (χ0) is 16.4. The number of rotatable bonds is 10. The van der Waals surface area contributed by atoms with E-state index in [4.69, 9.17) is 14.2 Å². The van der Waals surface area contributed by atoms with Crippen LogP contribution in [-0.4, -0.2) is 38.4 Å². The van der Waals surface area contributed by atoms with E-state index in [0.717, 1.165) is 31.3 Å². The fourth-order valence-corrected chi connectivity index (χ4v) is 2.59. The molecule has 0 aromatic carbocycles. The number of hydrogen-bond donors (Lipinski definition) is 0. The topological polar surface area (TPSA) is 61.8 Å². The Morgan fingerprint density at radius 1 is 1.41 bits per heavy atom. The largest absolute Gasteiger partial charge is 0.462 e. The van der Waals surface area contributed by atoms with Crippen molar-refractivity contribution in [2.24, 2.45) is 0 Å². The Kier molecular flexibility index (Phi) is 8.70. The zero-order valence-corrected chi connectivity index (χ0v) is 13.6. The minimum absolute atomic E-state index is 0.131. The number of carbonyl (C=O) groups excluding carboxylic acids is 2. The monoisotopic (exact) mass is 310 g/mol. The first-order valence-electron chi connectivity index (χ1n) is 7.80. The molecule has 1 rings (SSSR count). The fraction of sp³-hybridized carbons (Fsp3) is 0.647. The van der Waals surface area contributed by atoms with Crippen LogP contribution in [0.15, 0.2) is 23.8 Å². The van der Waals surface area contributed by atoms with Crippen LogP contribution in [0.4, 0.5) is 0 Å². The van der Waals surface area contributed by atoms with E-state index in [1.807, 2.05) is 6.08 Å². The highest BCUT2D eigenvalue weighted by molar-refractivity contribution is 6.18. The number of hydrogen-bond acceptors (Lipinski definition) is 5. The third-order valence-corrected chi connectivity index (χ3v) is 3.58. The van der Waals surface area contributed by atoms with Gasteiger partial charge in [0.05, 0.1) is 12.7 Å². The molecule has 1 atom stereocenters. The van der Waals surface area contributed by atoms with Crippen LogP contribution in [0, 0.1) is 0 Å². The second-order valence-corrected chi connectivity index (χ2v) is 5.18. The van der Waals surface area contributed by atoms with Crippen LogP contribution in [0.1, 0.15) is 45.4 Å². The lowest BCUT2D eigenvalue weighted by atomic mass is 9.86. The van der Waals surface area contributed by atoms with Crippen molar-refractivity contribution < 1.29 is 23.8 Å². The Labute approximate surface area is 132 Å². The first-order valence-corrected chi connectivity index (χ1v) is 7.80. The molecule has 0 spiro atoms. The maximum atomic E-state index is 12.2. The zero-order valence-electron chi connectivity index (χ0n) is 13.6. The third-order valence-electron chi connectivity index (χ3n) is 3.58. The van der Waals surface area contributed by atoms with Gasteiger partial charge in [-0.15, -0.1) is 6.58 Å². The number of ketones is 1. The number of Topliss-reactive ketones (excluding diaryl/α,β-unsaturated/α-hetero) is 1. The standard InChI is InChI=1S/C17H26O5/c1-4-6-7-11-15(22-12-20-3)13-9-8-10-14(18)16(13)17(19)21-5-2/h4,15H,1,5-12H2,2-3H3. The molecule has 0 saturated heterocycles. The molecule has 0 radical (unpaired) electrons. The van der Waals surface area contributed by atoms with Crippen molar-refractivity contribution in [1.29, 1.82) is 0 Å². The second-order valence-electron chi connectivity index (χ2n) is 5.18. The summed E-state index contributed by atoms with van der Waals surface area (Å²) >= 11 is 0. The summed E-state index contributed by atoms with van der Waals surface area (Å²) in [5.74, 6) is -0.675. The summed E-state index contributed by atoms with van der Waals surface area (Å²) < 4.78 is 15.7. The van der Waals surface area contributed by atoms with Gasteiger partial charge in [-0.3, -0.25) is 4.79 Å². The number of methoxy groups -OCH3 is 1. The molecular weight excluding hydrogens is 284 g/mol. The molecule has 1 unspecified atom stereocenters. The van der Waals surface area contributed by atoms with Gasteiger partial charge in [-0.05, 0) is 44.6 Å². The van der Waals surface area contributed by atoms with Crippen LogP contribution in [0.5, 0.6) is 0 Å². The molecule has 0 fully saturated rings. The Balaban J connectivity index is 3.01. The molecule has 0 aliphatic heterocycles. The first kappa shape index (κ1) is 18.6. The maximum absolute atomic E-state index is 12.2. The van der Waals surface area contributed by atoms with E-state index in [1.165, 1.54) is 0 Å². The summed E-state index contributed by atoms with van der Waals surface area (Å²) in [6, 6.07) is 0. The highest BCUT2D eigenvalue weighted by Gasteiger charge is 2.31. The average molecular weight is 310 g/mol. The van der Waals surface area contributed by atoms with Crippen LogP contribution >= 0.6 is 0 Å². The lowest BCUT2D eigenvalue weighted by Gasteiger charge is -2.26. The van der Waals surface area contributed by atoms with Gasteiger partial charge in [0.25, 0.3) is 0 Å². The predicted octanol–water partition coefficient (Wildman–Crippen LogP) is 2.94. The highest BCUT2D eigenvalue weighted by Crippen LogP contribution is 2.29. The Morgan fingerprint density at radius 2 is 2.18 bits per heavy atom. The molecule has 0 amide bonds. The van der Waals surface area contributed by atoms with E-state index < -0.39 is 5.97 Å². The number of esters is 1. The van der Waals surface area contributed by atoms with Crippen LogP contribution in [0.25, 0.3) is 0 Å². The maximum Gasteiger partial charge on any atom is 0.341 e. The minimum atomic E-state index is -0.531. The van der Waals surface area contributed by atoms with Gasteiger partial charge in [-0.1, -0.05) is 6.08 Å². The summed E-state index contributed by atoms with van der Waals surface area (Å²) in [5, 5.41) is 0. The summed E-state index contributed by atoms with van der Waals surface area (Å²) in [7, 11) is 1.55. The fourth-order valence-electron chi connectivity index (χ4n) is 2.59. The van der Waals surface area contributed by atoms with E-state index in [-0.39, 0.29) is 30.9 Å². The van der Waals surface area contributed by atoms with Crippen molar-refractivity contribution in [3.8, 4) is 0 Å². The van der Waals surface area contributed by atoms with E-state index in [1.54, 1.807) is 14.0 Å². The van der Waals surface area contributed by atoms with E-state index in [9.17, 15) is 9.59 Å². The minimum Gasteiger partial charge on any atom is -0.462 e. The molecule has 0 N–H and O–H groups in total. The van der Waals surface area contributed by atoms with Crippen molar-refractivity contribution in [1.82, 2.24) is 0 Å². The molecule has 1 aliphatic carbocycles. The van der Waals surface area contributed by atoms with Gasteiger partial charge in [0.2, 0.25) is 0 Å². The van der Waals surface area contributed by atoms with Gasteiger partial charge in [0, 0.05) is 13.5 Å². The van der Waals surface area contributed by atoms with E-state index in [0.29, 0.717) is 12.8 Å². The number of ether oxygens (including phenoxy) is 3. The van der Waals surface area contributed by atoms with Gasteiger partial charge in [-0.25, -0.2) is 4.79 Å². The summed E-state index contributed by atoms with van der Waals surface area (Å²) in [4.78, 5) is 24.3. The molecular formula is C17H26O5. The molecule has 0 saturated carbocycles. The second kappa shape index (κ2) is 10.3. The van der Waals surface area contributed by atoms with Crippen molar-refractivity contribution in [2.75, 3.05) is 20.5 Å². The highest BCUT2D eigenvalue weighted by atomic mass is 16.7. The molecule has 0 aromatic rings. The Hall–Kier alpha value is -1.46. The van der Waals surface area contributed by atoms with Crippen LogP contribution in [0.3, 0.4) is 0 Å². The number of unbranched alkanes of at least 4 members (excludes halogenated alkanes) is 1. The SMILES string of the molecule is C=CCCCC(OCOC)C1=C(C(=O)OCC)C(=O)CCC1. The van der Waals surface area contributed by atoms with E-state index >= 15 is 0 Å². The molecule has 0 aromatic heterocycles. The van der Waals surface area contributed by atoms with Crippen molar-refractivity contribution >= 4 is 11.8 Å². The summed E-state index contributed by atoms with van der Waals surface area (Å²) in [5.41, 5.74) is 0.948. The van der Waals surface area contributed by atoms with Crippen molar-refractivity contribution in [3.63, 3.8) is 0 Å². The van der Waals surface area contributed by atoms with Crippen LogP contribution in [-0.2, 0) is 23.8 Å². The average Bonchev–Trinajstić information content (AvgIpc) is 2.50. The molecule has 1 aliphatic rings. The Morgan fingerprint density at radius 3 is 2.82 bits per heavy atom. The molecule has 124 valence electrons. The quantitative estimate of drug-likeness (QED) is 0.204. The van der Waals surface area contributed by atoms with E-state index in [2.05, 4.69) is 6.58 Å². The molecule has 22 heavy (non-hydrogen) atoms. The van der Waals surface area contributed by atoms with Gasteiger partial charge < -0.3 is 14.2 Å². The van der Waals surface area contributed by atoms with Crippen molar-refractivity contribution in [2.45, 2.75) is 51.6 Å². The van der Waals surface area contributed by atoms with Gasteiger partial charge in [-0.2, -0.15) is 0 Å². The lowest BCUT2D eigenvalue weighted by molar-refractivity contribution is -0.140. The number of allylic oxidation sites excluding steroid dienone is 1. The lowest BCUT2D eigenvalue weighted by Crippen LogP contribution is -2.28. The molecule has 5 nitrogen and oxygen atoms in total. The van der Waals surface area contributed by atoms with Crippen LogP contribution < -0.4 is 0 Å². The molecule has 0 heterocycles. The normalized spacial score (nSPS) is 16.5. The summed E-state index contributed by atoms with van der Waals surface area (Å²) in [6.07, 6.45) is 5.84. The van der Waals surface area contributed by atoms with Gasteiger partial charge in [0.15, 0.2) is 5.78 Å². The molecule has 0 bridgehead atoms. The third kappa shape index (κ3) is 5.39. The summed E-state index contributed by atoms with van der Waals surface area (Å²) in [6.45, 7) is 5.82.